The summed E-state index contributed by atoms with van der Waals surface area (Å²) in [6.07, 6.45) is 4.77. The second kappa shape index (κ2) is 12.5. The summed E-state index contributed by atoms with van der Waals surface area (Å²) in [5.74, 6) is -0.532. The SMILES string of the molecule is COC(=O)N[C@H](C(=O)N1CCCC1c1ncc(-c2ccc(-c3ccc(-c4cnc([C@@H]5CC(O)(O)CN5)[nH]4)cc3)cc2)[nH]1)C(C)C. The van der Waals surface area contributed by atoms with Gasteiger partial charge >= 0.3 is 6.09 Å². The van der Waals surface area contributed by atoms with Crippen LogP contribution in [0.5, 0.6) is 0 Å². The smallest absolute Gasteiger partial charge is 0.407 e. The van der Waals surface area contributed by atoms with Gasteiger partial charge in [-0.2, -0.15) is 0 Å². The van der Waals surface area contributed by atoms with Crippen LogP contribution in [-0.2, 0) is 9.53 Å². The minimum Gasteiger partial charge on any atom is -0.453 e. The molecule has 12 heteroatoms. The summed E-state index contributed by atoms with van der Waals surface area (Å²) >= 11 is 0. The van der Waals surface area contributed by atoms with Crippen LogP contribution in [-0.4, -0.2) is 79.1 Å². The molecule has 4 aromatic rings. The van der Waals surface area contributed by atoms with Gasteiger partial charge in [-0.15, -0.1) is 0 Å². The number of β-amino-alcohol motifs (C(OH)–C–C–N with tert-alkyl or cyclic N) is 2. The third kappa shape index (κ3) is 6.48. The van der Waals surface area contributed by atoms with Crippen molar-refractivity contribution < 1.29 is 24.5 Å². The number of H-pyrrole nitrogens is 2. The molecule has 2 aliphatic heterocycles. The molecule has 45 heavy (non-hydrogen) atoms. The lowest BCUT2D eigenvalue weighted by Gasteiger charge is -2.30. The van der Waals surface area contributed by atoms with Crippen molar-refractivity contribution in [1.82, 2.24) is 35.5 Å². The zero-order valence-electron chi connectivity index (χ0n) is 25.6. The van der Waals surface area contributed by atoms with Crippen molar-refractivity contribution in [2.24, 2.45) is 5.92 Å². The Hall–Kier alpha value is -4.52. The third-order valence-electron chi connectivity index (χ3n) is 8.65. The number of aromatic nitrogens is 4. The van der Waals surface area contributed by atoms with E-state index in [1.807, 2.05) is 38.1 Å². The van der Waals surface area contributed by atoms with Gasteiger partial charge in [-0.1, -0.05) is 62.4 Å². The summed E-state index contributed by atoms with van der Waals surface area (Å²) in [6, 6.07) is 15.3. The van der Waals surface area contributed by atoms with Crippen LogP contribution in [0, 0.1) is 5.92 Å². The average molecular weight is 614 g/mol. The van der Waals surface area contributed by atoms with Crippen LogP contribution in [0.2, 0.25) is 0 Å². The molecule has 2 aromatic heterocycles. The Morgan fingerprint density at radius 2 is 1.49 bits per heavy atom. The zero-order chi connectivity index (χ0) is 31.7. The lowest BCUT2D eigenvalue weighted by atomic mass is 10.0. The zero-order valence-corrected chi connectivity index (χ0v) is 25.6. The first-order valence-electron chi connectivity index (χ1n) is 15.3. The minimum atomic E-state index is -1.71. The number of aliphatic hydroxyl groups is 2. The Kier molecular flexibility index (Phi) is 8.45. The van der Waals surface area contributed by atoms with Crippen molar-refractivity contribution in [3.05, 3.63) is 72.6 Å². The van der Waals surface area contributed by atoms with Crippen LogP contribution in [0.1, 0.15) is 56.8 Å². The number of rotatable bonds is 8. The number of alkyl carbamates (subject to hydrolysis) is 1. The summed E-state index contributed by atoms with van der Waals surface area (Å²) in [7, 11) is 1.29. The molecule has 3 atom stereocenters. The van der Waals surface area contributed by atoms with Crippen molar-refractivity contribution in [1.29, 1.82) is 0 Å². The second-order valence-electron chi connectivity index (χ2n) is 12.2. The molecule has 0 radical (unpaired) electrons. The maximum Gasteiger partial charge on any atom is 0.407 e. The van der Waals surface area contributed by atoms with E-state index in [4.69, 9.17) is 4.74 Å². The number of nitrogens with one attached hydrogen (secondary N) is 4. The Morgan fingerprint density at radius 1 is 0.933 bits per heavy atom. The number of aromatic amines is 2. The fourth-order valence-corrected chi connectivity index (χ4v) is 6.14. The Balaban J connectivity index is 1.12. The Morgan fingerprint density at radius 3 is 2.02 bits per heavy atom. The first kappa shape index (κ1) is 30.5. The van der Waals surface area contributed by atoms with E-state index in [0.717, 1.165) is 52.3 Å². The van der Waals surface area contributed by atoms with Gasteiger partial charge in [0.2, 0.25) is 5.91 Å². The molecule has 0 saturated carbocycles. The van der Waals surface area contributed by atoms with Crippen molar-refractivity contribution in [2.75, 3.05) is 20.2 Å². The van der Waals surface area contributed by atoms with E-state index in [9.17, 15) is 19.8 Å². The highest BCUT2D eigenvalue weighted by atomic mass is 16.5. The minimum absolute atomic E-state index is 0.0938. The lowest BCUT2D eigenvalue weighted by molar-refractivity contribution is -0.143. The number of methoxy groups -OCH3 is 1. The predicted octanol–water partition coefficient (Wildman–Crippen LogP) is 3.89. The molecule has 0 bridgehead atoms. The summed E-state index contributed by atoms with van der Waals surface area (Å²) in [4.78, 5) is 42.9. The van der Waals surface area contributed by atoms with Crippen molar-refractivity contribution in [3.63, 3.8) is 0 Å². The van der Waals surface area contributed by atoms with Crippen LogP contribution < -0.4 is 10.6 Å². The summed E-state index contributed by atoms with van der Waals surface area (Å²) in [5.41, 5.74) is 5.83. The number of nitrogens with zero attached hydrogens (tertiary/aromatic N) is 3. The van der Waals surface area contributed by atoms with Crippen LogP contribution in [0.15, 0.2) is 60.9 Å². The maximum atomic E-state index is 13.4. The summed E-state index contributed by atoms with van der Waals surface area (Å²) in [5, 5.41) is 25.4. The first-order chi connectivity index (χ1) is 21.6. The molecule has 2 amide bonds. The molecule has 236 valence electrons. The highest BCUT2D eigenvalue weighted by molar-refractivity contribution is 5.86. The van der Waals surface area contributed by atoms with Crippen LogP contribution in [0.3, 0.4) is 0 Å². The average Bonchev–Trinajstić information content (AvgIpc) is 3.86. The number of carbonyl (C=O) groups is 2. The molecule has 0 aliphatic carbocycles. The number of amides is 2. The van der Waals surface area contributed by atoms with E-state index in [0.29, 0.717) is 12.4 Å². The molecule has 6 rings (SSSR count). The summed E-state index contributed by atoms with van der Waals surface area (Å²) < 4.78 is 4.73. The normalized spacial score (nSPS) is 20.0. The Bertz CT molecular complexity index is 1640. The molecule has 2 aromatic carbocycles. The standard InChI is InChI=1S/C33H39N7O5/c1-19(2)28(39-32(42)45-3)31(41)40-14-4-5-27(40)30-35-17-26(38-30)23-12-8-21(9-13-23)20-6-10-22(11-7-20)25-16-34-29(37-25)24-15-33(43,44)18-36-24/h6-13,16-17,19,24,27-28,36,43-44H,4-5,14-15,18H2,1-3H3,(H,34,37)(H,35,38)(H,39,42)/t24-,27?,28-/m0/s1. The number of benzene rings is 2. The summed E-state index contributed by atoms with van der Waals surface area (Å²) in [6.45, 7) is 4.51. The van der Waals surface area contributed by atoms with Gasteiger partial charge in [0.1, 0.15) is 17.7 Å². The predicted molar refractivity (Wildman–Crippen MR) is 167 cm³/mol. The van der Waals surface area contributed by atoms with Gasteiger partial charge in [-0.05, 0) is 41.0 Å². The highest BCUT2D eigenvalue weighted by Crippen LogP contribution is 2.34. The fourth-order valence-electron chi connectivity index (χ4n) is 6.14. The maximum absolute atomic E-state index is 13.4. The number of carbonyl (C=O) groups excluding carboxylic acids is 2. The quantitative estimate of drug-likeness (QED) is 0.163. The molecular weight excluding hydrogens is 574 g/mol. The largest absolute Gasteiger partial charge is 0.453 e. The fraction of sp³-hybridized carbons (Fsp3) is 0.394. The van der Waals surface area contributed by atoms with Crippen molar-refractivity contribution >= 4 is 12.0 Å². The van der Waals surface area contributed by atoms with Gasteiger partial charge in [0.05, 0.1) is 49.5 Å². The molecule has 0 spiro atoms. The van der Waals surface area contributed by atoms with E-state index in [1.165, 1.54) is 7.11 Å². The van der Waals surface area contributed by atoms with E-state index >= 15 is 0 Å². The van der Waals surface area contributed by atoms with Crippen molar-refractivity contribution in [3.8, 4) is 33.6 Å². The van der Waals surface area contributed by atoms with Crippen LogP contribution >= 0.6 is 0 Å². The number of hydrogen-bond donors (Lipinski definition) is 6. The lowest BCUT2D eigenvalue weighted by Crippen LogP contribution is -2.51. The van der Waals surface area contributed by atoms with Crippen LogP contribution in [0.4, 0.5) is 4.79 Å². The molecule has 6 N–H and O–H groups in total. The highest BCUT2D eigenvalue weighted by Gasteiger charge is 2.38. The topological polar surface area (TPSA) is 168 Å². The first-order valence-corrected chi connectivity index (χ1v) is 15.3. The van der Waals surface area contributed by atoms with E-state index in [1.54, 1.807) is 17.3 Å². The number of hydrogen-bond acceptors (Lipinski definition) is 8. The van der Waals surface area contributed by atoms with E-state index in [2.05, 4.69) is 54.8 Å². The van der Waals surface area contributed by atoms with Gasteiger partial charge in [-0.3, -0.25) is 4.79 Å². The number of imidazole rings is 2. The van der Waals surface area contributed by atoms with Crippen LogP contribution in [0.25, 0.3) is 33.6 Å². The molecule has 4 heterocycles. The molecular formula is C33H39N7O5. The molecule has 1 unspecified atom stereocenters. The van der Waals surface area contributed by atoms with Gasteiger partial charge in [-0.25, -0.2) is 14.8 Å². The van der Waals surface area contributed by atoms with E-state index < -0.39 is 17.9 Å². The molecule has 2 saturated heterocycles. The van der Waals surface area contributed by atoms with Crippen molar-refractivity contribution in [2.45, 2.75) is 57.0 Å². The van der Waals surface area contributed by atoms with Gasteiger partial charge < -0.3 is 40.5 Å². The number of likely N-dealkylation sites (tertiary alicyclic amines) is 1. The van der Waals surface area contributed by atoms with Gasteiger partial charge in [0.25, 0.3) is 0 Å². The Labute approximate surface area is 261 Å². The third-order valence-corrected chi connectivity index (χ3v) is 8.65. The number of ether oxygens (including phenoxy) is 1. The second-order valence-corrected chi connectivity index (χ2v) is 12.2. The van der Waals surface area contributed by atoms with Gasteiger partial charge in [0.15, 0.2) is 5.79 Å². The molecule has 2 fully saturated rings. The monoisotopic (exact) mass is 613 g/mol. The van der Waals surface area contributed by atoms with Gasteiger partial charge in [0, 0.05) is 13.0 Å². The molecule has 2 aliphatic rings. The van der Waals surface area contributed by atoms with E-state index in [-0.39, 0.29) is 36.9 Å². The molecule has 12 nitrogen and oxygen atoms in total.